The Kier molecular flexibility index (Phi) is 5.39. The second-order valence-corrected chi connectivity index (χ2v) is 7.57. The maximum Gasteiger partial charge on any atom is 0.222 e. The molecule has 1 aliphatic carbocycles. The summed E-state index contributed by atoms with van der Waals surface area (Å²) in [7, 11) is 0. The molecule has 0 spiro atoms. The van der Waals surface area contributed by atoms with Crippen molar-refractivity contribution in [3.8, 4) is 11.1 Å². The molecular weight excluding hydrogens is 388 g/mol. The zero-order valence-corrected chi connectivity index (χ0v) is 16.2. The first-order valence-corrected chi connectivity index (χ1v) is 9.64. The number of rotatable bonds is 7. The van der Waals surface area contributed by atoms with Crippen molar-refractivity contribution < 1.29 is 13.6 Å². The van der Waals surface area contributed by atoms with Crippen molar-refractivity contribution in [2.24, 2.45) is 5.73 Å². The minimum atomic E-state index is -0.974. The number of alkyl halides is 1. The lowest BCUT2D eigenvalue weighted by atomic mass is 9.65. The highest BCUT2D eigenvalue weighted by Gasteiger charge is 2.48. The second kappa shape index (κ2) is 8.14. The number of nitrogens with two attached hydrogens (primary N) is 1. The number of hydrogen-bond acceptors (Lipinski definition) is 5. The van der Waals surface area contributed by atoms with Crippen molar-refractivity contribution in [1.29, 1.82) is 0 Å². The lowest BCUT2D eigenvalue weighted by Gasteiger charge is -2.43. The van der Waals surface area contributed by atoms with Crippen LogP contribution in [0.4, 0.5) is 14.7 Å². The fourth-order valence-electron chi connectivity index (χ4n) is 3.94. The number of halogens is 2. The van der Waals surface area contributed by atoms with Crippen LogP contribution in [0.15, 0.2) is 55.0 Å². The van der Waals surface area contributed by atoms with Crippen LogP contribution in [0.1, 0.15) is 24.1 Å². The number of nitrogens with one attached hydrogen (secondary N) is 1. The molecule has 2 heterocycles. The fourth-order valence-corrected chi connectivity index (χ4v) is 3.94. The molecule has 1 fully saturated rings. The molecule has 3 aromatic rings. The van der Waals surface area contributed by atoms with Gasteiger partial charge in [-0.05, 0) is 36.1 Å². The van der Waals surface area contributed by atoms with Crippen LogP contribution in [0.25, 0.3) is 11.1 Å². The average Bonchev–Trinajstić information content (AvgIpc) is 2.71. The van der Waals surface area contributed by atoms with E-state index in [0.29, 0.717) is 5.95 Å². The number of anilines is 1. The third-order valence-corrected chi connectivity index (χ3v) is 5.42. The van der Waals surface area contributed by atoms with Crippen LogP contribution in [0.2, 0.25) is 0 Å². The van der Waals surface area contributed by atoms with Gasteiger partial charge in [-0.1, -0.05) is 24.3 Å². The second-order valence-electron chi connectivity index (χ2n) is 7.57. The Labute approximate surface area is 172 Å². The standard InChI is InChI=1S/C22H21F2N5O/c23-16-9-22(10-16,20-18(24)6-3-7-26-20)13-29-21-27-11-15(12-28-21)17-5-2-1-4-14(17)8-19(25)30/h1-7,11-12,16H,8-10,13H2,(H2,25,30)(H,27,28,29)/t16-,22-. The topological polar surface area (TPSA) is 93.8 Å². The van der Waals surface area contributed by atoms with Gasteiger partial charge in [-0.2, -0.15) is 0 Å². The Morgan fingerprint density at radius 2 is 1.87 bits per heavy atom. The molecule has 8 heteroatoms. The van der Waals surface area contributed by atoms with Crippen LogP contribution < -0.4 is 11.1 Å². The highest BCUT2D eigenvalue weighted by Crippen LogP contribution is 2.45. The minimum absolute atomic E-state index is 0.124. The lowest BCUT2D eigenvalue weighted by Crippen LogP contribution is -2.49. The molecule has 0 unspecified atom stereocenters. The number of nitrogens with zero attached hydrogens (tertiary/aromatic N) is 3. The predicted octanol–water partition coefficient (Wildman–Crippen LogP) is 3.19. The van der Waals surface area contributed by atoms with E-state index in [1.54, 1.807) is 12.4 Å². The molecule has 0 saturated heterocycles. The Balaban J connectivity index is 1.51. The van der Waals surface area contributed by atoms with E-state index in [2.05, 4.69) is 20.3 Å². The van der Waals surface area contributed by atoms with Crippen molar-refractivity contribution in [2.75, 3.05) is 11.9 Å². The molecule has 2 aromatic heterocycles. The Hall–Kier alpha value is -3.42. The van der Waals surface area contributed by atoms with E-state index in [9.17, 15) is 13.6 Å². The fraction of sp³-hybridized carbons (Fsp3) is 0.273. The highest BCUT2D eigenvalue weighted by atomic mass is 19.1. The van der Waals surface area contributed by atoms with Crippen molar-refractivity contribution in [1.82, 2.24) is 15.0 Å². The smallest absolute Gasteiger partial charge is 0.222 e. The predicted molar refractivity (Wildman–Crippen MR) is 109 cm³/mol. The zero-order chi connectivity index (χ0) is 21.1. The number of amides is 1. The molecule has 30 heavy (non-hydrogen) atoms. The van der Waals surface area contributed by atoms with Gasteiger partial charge in [-0.25, -0.2) is 18.7 Å². The number of carbonyl (C=O) groups excluding carboxylic acids is 1. The summed E-state index contributed by atoms with van der Waals surface area (Å²) in [5.41, 5.74) is 7.24. The molecule has 6 nitrogen and oxygen atoms in total. The maximum absolute atomic E-state index is 14.3. The minimum Gasteiger partial charge on any atom is -0.369 e. The largest absolute Gasteiger partial charge is 0.369 e. The summed E-state index contributed by atoms with van der Waals surface area (Å²) in [5, 5.41) is 3.09. The summed E-state index contributed by atoms with van der Waals surface area (Å²) in [6.45, 7) is 0.277. The van der Waals surface area contributed by atoms with Crippen LogP contribution >= 0.6 is 0 Å². The van der Waals surface area contributed by atoms with E-state index >= 15 is 0 Å². The lowest BCUT2D eigenvalue weighted by molar-refractivity contribution is -0.117. The van der Waals surface area contributed by atoms with E-state index in [1.807, 2.05) is 24.3 Å². The summed E-state index contributed by atoms with van der Waals surface area (Å²) in [6.07, 6.45) is 4.35. The van der Waals surface area contributed by atoms with Gasteiger partial charge in [-0.15, -0.1) is 0 Å². The summed E-state index contributed by atoms with van der Waals surface area (Å²) >= 11 is 0. The molecular formula is C22H21F2N5O. The molecule has 1 aliphatic rings. The van der Waals surface area contributed by atoms with E-state index < -0.39 is 23.3 Å². The van der Waals surface area contributed by atoms with E-state index in [4.69, 9.17) is 5.73 Å². The number of benzene rings is 1. The van der Waals surface area contributed by atoms with Crippen molar-refractivity contribution in [3.63, 3.8) is 0 Å². The summed E-state index contributed by atoms with van der Waals surface area (Å²) < 4.78 is 27.9. The van der Waals surface area contributed by atoms with E-state index in [1.165, 1.54) is 18.3 Å². The van der Waals surface area contributed by atoms with Crippen LogP contribution in [0.5, 0.6) is 0 Å². The molecule has 4 rings (SSSR count). The summed E-state index contributed by atoms with van der Waals surface area (Å²) in [6, 6.07) is 10.3. The summed E-state index contributed by atoms with van der Waals surface area (Å²) in [5.74, 6) is -0.502. The van der Waals surface area contributed by atoms with E-state index in [-0.39, 0.29) is 31.5 Å². The van der Waals surface area contributed by atoms with Gasteiger partial charge in [0.15, 0.2) is 0 Å². The van der Waals surface area contributed by atoms with Gasteiger partial charge in [-0.3, -0.25) is 9.78 Å². The number of carbonyl (C=O) groups is 1. The molecule has 154 valence electrons. The van der Waals surface area contributed by atoms with Crippen LogP contribution in [-0.4, -0.2) is 33.6 Å². The normalized spacial score (nSPS) is 20.4. The van der Waals surface area contributed by atoms with Gasteiger partial charge in [0.1, 0.15) is 12.0 Å². The molecule has 3 N–H and O–H groups in total. The van der Waals surface area contributed by atoms with Crippen molar-refractivity contribution in [2.45, 2.75) is 30.8 Å². The van der Waals surface area contributed by atoms with Crippen molar-refractivity contribution in [3.05, 3.63) is 72.1 Å². The van der Waals surface area contributed by atoms with E-state index in [0.717, 1.165) is 16.7 Å². The molecule has 0 aliphatic heterocycles. The van der Waals surface area contributed by atoms with Crippen molar-refractivity contribution >= 4 is 11.9 Å². The van der Waals surface area contributed by atoms with Gasteiger partial charge >= 0.3 is 0 Å². The molecule has 1 amide bonds. The summed E-state index contributed by atoms with van der Waals surface area (Å²) in [4.78, 5) is 24.1. The van der Waals surface area contributed by atoms with Gasteiger partial charge in [0.05, 0.1) is 12.1 Å². The van der Waals surface area contributed by atoms with Gasteiger partial charge in [0.2, 0.25) is 11.9 Å². The SMILES string of the molecule is NC(=O)Cc1ccccc1-c1cnc(NC[C@]2(c3ncccc3F)C[C@H](F)C2)nc1. The molecule has 0 atom stereocenters. The van der Waals surface area contributed by atoms with Crippen LogP contribution in [-0.2, 0) is 16.6 Å². The monoisotopic (exact) mass is 409 g/mol. The highest BCUT2D eigenvalue weighted by molar-refractivity contribution is 5.80. The Morgan fingerprint density at radius 1 is 1.13 bits per heavy atom. The third kappa shape index (κ3) is 3.98. The van der Waals surface area contributed by atoms with Gasteiger partial charge < -0.3 is 11.1 Å². The Morgan fingerprint density at radius 3 is 2.53 bits per heavy atom. The van der Waals surface area contributed by atoms with Gasteiger partial charge in [0, 0.05) is 36.1 Å². The molecule has 1 aromatic carbocycles. The number of primary amides is 1. The number of hydrogen-bond donors (Lipinski definition) is 2. The first-order valence-electron chi connectivity index (χ1n) is 9.64. The average molecular weight is 409 g/mol. The molecule has 0 radical (unpaired) electrons. The number of pyridine rings is 1. The first kappa shape index (κ1) is 19.9. The first-order chi connectivity index (χ1) is 14.5. The van der Waals surface area contributed by atoms with Gasteiger partial charge in [0.25, 0.3) is 0 Å². The number of aromatic nitrogens is 3. The molecule has 1 saturated carbocycles. The maximum atomic E-state index is 14.3. The molecule has 0 bridgehead atoms. The Bertz CT molecular complexity index is 1050. The third-order valence-electron chi connectivity index (χ3n) is 5.42. The van der Waals surface area contributed by atoms with Crippen LogP contribution in [0.3, 0.4) is 0 Å². The van der Waals surface area contributed by atoms with Crippen LogP contribution in [0, 0.1) is 5.82 Å². The quantitative estimate of drug-likeness (QED) is 0.625. The zero-order valence-electron chi connectivity index (χ0n) is 16.2.